The van der Waals surface area contributed by atoms with Crippen LogP contribution in [0.2, 0.25) is 0 Å². The summed E-state index contributed by atoms with van der Waals surface area (Å²) in [4.78, 5) is 0. The van der Waals surface area contributed by atoms with Gasteiger partial charge in [0, 0.05) is 5.56 Å². The number of thiocarbonyl (C=S) groups is 1. The molecule has 1 heterocycles. The predicted octanol–water partition coefficient (Wildman–Crippen LogP) is 2.80. The van der Waals surface area contributed by atoms with E-state index in [9.17, 15) is 13.2 Å². The Morgan fingerprint density at radius 2 is 2.00 bits per heavy atom. The van der Waals surface area contributed by atoms with E-state index in [2.05, 4.69) is 23.1 Å². The molecule has 0 unspecified atom stereocenters. The average molecular weight is 315 g/mol. The van der Waals surface area contributed by atoms with Gasteiger partial charge in [0.25, 0.3) is 0 Å². The molecule has 0 aliphatic heterocycles. The minimum atomic E-state index is -4.38. The monoisotopic (exact) mass is 315 g/mol. The average Bonchev–Trinajstić information content (AvgIpc) is 2.86. The normalized spacial score (nSPS) is 11.4. The fraction of sp³-hybridized carbons (Fsp3) is 0.154. The van der Waals surface area contributed by atoms with Gasteiger partial charge in [-0.05, 0) is 36.5 Å². The Labute approximate surface area is 124 Å². The van der Waals surface area contributed by atoms with Crippen molar-refractivity contribution in [2.45, 2.75) is 12.7 Å². The van der Waals surface area contributed by atoms with Crippen molar-refractivity contribution in [1.29, 1.82) is 0 Å². The summed E-state index contributed by atoms with van der Waals surface area (Å²) in [6.07, 6.45) is -4.38. The molecule has 0 atom stereocenters. The van der Waals surface area contributed by atoms with Crippen molar-refractivity contribution >= 4 is 17.3 Å². The third kappa shape index (κ3) is 4.20. The van der Waals surface area contributed by atoms with Crippen LogP contribution >= 0.6 is 12.2 Å². The Morgan fingerprint density at radius 3 is 2.67 bits per heavy atom. The van der Waals surface area contributed by atoms with Crippen LogP contribution in [0, 0.1) is 0 Å². The van der Waals surface area contributed by atoms with Gasteiger partial charge in [-0.15, -0.1) is 0 Å². The van der Waals surface area contributed by atoms with Crippen LogP contribution in [0.25, 0.3) is 11.3 Å². The molecule has 0 amide bonds. The fourth-order valence-corrected chi connectivity index (χ4v) is 1.77. The van der Waals surface area contributed by atoms with Crippen LogP contribution in [0.1, 0.15) is 11.3 Å². The Morgan fingerprint density at radius 1 is 1.24 bits per heavy atom. The van der Waals surface area contributed by atoms with Crippen molar-refractivity contribution in [1.82, 2.24) is 10.9 Å². The lowest BCUT2D eigenvalue weighted by Gasteiger charge is -2.07. The van der Waals surface area contributed by atoms with Crippen LogP contribution in [0.3, 0.4) is 0 Å². The van der Waals surface area contributed by atoms with Crippen molar-refractivity contribution in [3.63, 3.8) is 0 Å². The van der Waals surface area contributed by atoms with Crippen molar-refractivity contribution in [2.75, 3.05) is 0 Å². The van der Waals surface area contributed by atoms with E-state index in [4.69, 9.17) is 10.2 Å². The Kier molecular flexibility index (Phi) is 4.49. The summed E-state index contributed by atoms with van der Waals surface area (Å²) in [6, 6.07) is 8.22. The van der Waals surface area contributed by atoms with E-state index in [-0.39, 0.29) is 11.7 Å². The van der Waals surface area contributed by atoms with Gasteiger partial charge in [0.1, 0.15) is 11.5 Å². The number of nitrogens with two attached hydrogens (primary N) is 1. The van der Waals surface area contributed by atoms with Gasteiger partial charge >= 0.3 is 6.18 Å². The van der Waals surface area contributed by atoms with Crippen LogP contribution in [-0.2, 0) is 12.7 Å². The second-order valence-corrected chi connectivity index (χ2v) is 4.63. The number of hydrogen-bond donors (Lipinski definition) is 3. The number of alkyl halides is 3. The highest BCUT2D eigenvalue weighted by atomic mass is 32.1. The van der Waals surface area contributed by atoms with Gasteiger partial charge in [-0.2, -0.15) is 13.2 Å². The van der Waals surface area contributed by atoms with E-state index in [1.54, 1.807) is 18.2 Å². The molecule has 0 aliphatic carbocycles. The second kappa shape index (κ2) is 6.15. The summed E-state index contributed by atoms with van der Waals surface area (Å²) in [5.41, 5.74) is 10.1. The van der Waals surface area contributed by atoms with E-state index in [0.717, 1.165) is 12.1 Å². The first kappa shape index (κ1) is 15.3. The third-order valence-corrected chi connectivity index (χ3v) is 2.71. The molecule has 2 rings (SSSR count). The van der Waals surface area contributed by atoms with Gasteiger partial charge in [-0.25, -0.2) is 5.43 Å². The van der Waals surface area contributed by atoms with Gasteiger partial charge in [0.05, 0.1) is 12.1 Å². The van der Waals surface area contributed by atoms with Crippen LogP contribution < -0.4 is 16.6 Å². The lowest BCUT2D eigenvalue weighted by molar-refractivity contribution is -0.137. The smallest absolute Gasteiger partial charge is 0.416 e. The van der Waals surface area contributed by atoms with Crippen LogP contribution in [-0.4, -0.2) is 5.11 Å². The molecule has 0 radical (unpaired) electrons. The number of hydrogen-bond acceptors (Lipinski definition) is 3. The van der Waals surface area contributed by atoms with Gasteiger partial charge in [-0.1, -0.05) is 12.1 Å². The second-order valence-electron chi connectivity index (χ2n) is 4.19. The van der Waals surface area contributed by atoms with Gasteiger partial charge in [0.15, 0.2) is 5.11 Å². The summed E-state index contributed by atoms with van der Waals surface area (Å²) in [6.45, 7) is 0.288. The minimum absolute atomic E-state index is 0.0830. The molecular formula is C13H12F3N3OS. The molecular weight excluding hydrogens is 303 g/mol. The third-order valence-electron chi connectivity index (χ3n) is 2.61. The number of furan rings is 1. The van der Waals surface area contributed by atoms with E-state index < -0.39 is 11.7 Å². The van der Waals surface area contributed by atoms with Crippen molar-refractivity contribution in [3.8, 4) is 11.3 Å². The first-order valence-corrected chi connectivity index (χ1v) is 6.32. The Hall–Kier alpha value is -2.06. The van der Waals surface area contributed by atoms with E-state index >= 15 is 0 Å². The highest BCUT2D eigenvalue weighted by Gasteiger charge is 2.30. The van der Waals surface area contributed by atoms with Crippen LogP contribution in [0.15, 0.2) is 40.8 Å². The number of hydrazine groups is 1. The van der Waals surface area contributed by atoms with Crippen molar-refractivity contribution in [2.24, 2.45) is 5.73 Å². The molecule has 112 valence electrons. The summed E-state index contributed by atoms with van der Waals surface area (Å²) < 4.78 is 43.4. The topological polar surface area (TPSA) is 63.2 Å². The summed E-state index contributed by atoms with van der Waals surface area (Å²) in [5.74, 6) is 0.888. The summed E-state index contributed by atoms with van der Waals surface area (Å²) in [5, 5.41) is 0.0830. The maximum absolute atomic E-state index is 12.7. The lowest BCUT2D eigenvalue weighted by Crippen LogP contribution is -2.40. The van der Waals surface area contributed by atoms with Crippen LogP contribution in [0.4, 0.5) is 13.2 Å². The maximum atomic E-state index is 12.7. The fourth-order valence-electron chi connectivity index (χ4n) is 1.70. The molecule has 4 nitrogen and oxygen atoms in total. The zero-order valence-electron chi connectivity index (χ0n) is 10.7. The number of nitrogens with one attached hydrogen (secondary N) is 2. The SMILES string of the molecule is NC(=S)NNCc1ccc(-c2cccc(C(F)(F)F)c2)o1. The van der Waals surface area contributed by atoms with Gasteiger partial charge < -0.3 is 10.2 Å². The molecule has 8 heteroatoms. The first-order chi connectivity index (χ1) is 9.86. The van der Waals surface area contributed by atoms with E-state index in [0.29, 0.717) is 17.1 Å². The first-order valence-electron chi connectivity index (χ1n) is 5.91. The highest BCUT2D eigenvalue weighted by molar-refractivity contribution is 7.80. The molecule has 0 fully saturated rings. The molecule has 0 saturated heterocycles. The van der Waals surface area contributed by atoms with Crippen molar-refractivity contribution in [3.05, 3.63) is 47.7 Å². The van der Waals surface area contributed by atoms with E-state index in [1.165, 1.54) is 6.07 Å². The zero-order chi connectivity index (χ0) is 15.5. The van der Waals surface area contributed by atoms with Crippen molar-refractivity contribution < 1.29 is 17.6 Å². The summed E-state index contributed by atoms with van der Waals surface area (Å²) in [7, 11) is 0. The standard InChI is InChI=1S/C13H12F3N3OS/c14-13(15,16)9-3-1-2-8(6-9)11-5-4-10(20-11)7-18-19-12(17)21/h1-6,18H,7H2,(H3,17,19,21). The molecule has 2 aromatic rings. The number of halogens is 3. The van der Waals surface area contributed by atoms with E-state index in [1.807, 2.05) is 0 Å². The molecule has 0 saturated carbocycles. The maximum Gasteiger partial charge on any atom is 0.416 e. The Bertz CT molecular complexity index is 640. The molecule has 21 heavy (non-hydrogen) atoms. The Balaban J connectivity index is 2.12. The molecule has 0 spiro atoms. The zero-order valence-corrected chi connectivity index (χ0v) is 11.5. The van der Waals surface area contributed by atoms with Crippen LogP contribution in [0.5, 0.6) is 0 Å². The number of benzene rings is 1. The molecule has 4 N–H and O–H groups in total. The minimum Gasteiger partial charge on any atom is -0.460 e. The molecule has 0 bridgehead atoms. The lowest BCUT2D eigenvalue weighted by atomic mass is 10.1. The number of rotatable bonds is 4. The summed E-state index contributed by atoms with van der Waals surface area (Å²) >= 11 is 4.61. The molecule has 1 aromatic carbocycles. The molecule has 1 aromatic heterocycles. The van der Waals surface area contributed by atoms with Gasteiger partial charge in [0.2, 0.25) is 0 Å². The molecule has 0 aliphatic rings. The predicted molar refractivity (Wildman–Crippen MR) is 75.9 cm³/mol. The largest absolute Gasteiger partial charge is 0.460 e. The highest BCUT2D eigenvalue weighted by Crippen LogP contribution is 2.32. The van der Waals surface area contributed by atoms with Gasteiger partial charge in [-0.3, -0.25) is 5.43 Å². The quantitative estimate of drug-likeness (QED) is 0.598.